The van der Waals surface area contributed by atoms with E-state index >= 15 is 0 Å². The molecule has 2 aliphatic rings. The number of nitrogens with zero attached hydrogens (tertiary/aromatic N) is 2. The first kappa shape index (κ1) is 13.3. The van der Waals surface area contributed by atoms with Crippen molar-refractivity contribution in [3.8, 4) is 0 Å². The van der Waals surface area contributed by atoms with E-state index in [0.29, 0.717) is 6.04 Å². The molecule has 0 aromatic heterocycles. The fraction of sp³-hybridized carbons (Fsp3) is 1.00. The SMILES string of the molecule is CN(C)CC1CCCN1CC1(N)CCOCC1. The van der Waals surface area contributed by atoms with Crippen LogP contribution in [0, 0.1) is 0 Å². The van der Waals surface area contributed by atoms with Crippen LogP contribution in [0.5, 0.6) is 0 Å². The van der Waals surface area contributed by atoms with Gasteiger partial charge in [0.1, 0.15) is 0 Å². The third kappa shape index (κ3) is 3.65. The highest BCUT2D eigenvalue weighted by atomic mass is 16.5. The molecule has 4 heteroatoms. The first-order valence-electron chi connectivity index (χ1n) is 6.84. The van der Waals surface area contributed by atoms with Gasteiger partial charge < -0.3 is 15.4 Å². The first-order valence-corrected chi connectivity index (χ1v) is 6.84. The average molecular weight is 241 g/mol. The van der Waals surface area contributed by atoms with Gasteiger partial charge in [0.05, 0.1) is 0 Å². The topological polar surface area (TPSA) is 41.7 Å². The van der Waals surface area contributed by atoms with Gasteiger partial charge in [-0.3, -0.25) is 4.90 Å². The minimum atomic E-state index is -0.00679. The predicted molar refractivity (Wildman–Crippen MR) is 70.1 cm³/mol. The van der Waals surface area contributed by atoms with E-state index in [0.717, 1.165) is 39.1 Å². The zero-order valence-corrected chi connectivity index (χ0v) is 11.3. The van der Waals surface area contributed by atoms with E-state index in [1.165, 1.54) is 19.4 Å². The van der Waals surface area contributed by atoms with Crippen LogP contribution in [0.3, 0.4) is 0 Å². The smallest absolute Gasteiger partial charge is 0.0484 e. The lowest BCUT2D eigenvalue weighted by atomic mass is 9.90. The van der Waals surface area contributed by atoms with Crippen LogP contribution < -0.4 is 5.73 Å². The molecule has 0 aliphatic carbocycles. The Morgan fingerprint density at radius 3 is 2.71 bits per heavy atom. The fourth-order valence-corrected chi connectivity index (χ4v) is 3.07. The van der Waals surface area contributed by atoms with E-state index in [4.69, 9.17) is 10.5 Å². The van der Waals surface area contributed by atoms with E-state index in [2.05, 4.69) is 23.9 Å². The molecule has 0 aromatic rings. The molecule has 0 bridgehead atoms. The predicted octanol–water partition coefficient (Wildman–Crippen LogP) is 0.520. The number of hydrogen-bond acceptors (Lipinski definition) is 4. The van der Waals surface area contributed by atoms with Gasteiger partial charge in [-0.05, 0) is 46.3 Å². The Balaban J connectivity index is 1.88. The highest BCUT2D eigenvalue weighted by Crippen LogP contribution is 2.24. The molecule has 1 atom stereocenters. The lowest BCUT2D eigenvalue weighted by molar-refractivity contribution is 0.0341. The van der Waals surface area contributed by atoms with Crippen molar-refractivity contribution in [3.05, 3.63) is 0 Å². The molecule has 0 saturated carbocycles. The number of likely N-dealkylation sites (N-methyl/N-ethyl adjacent to an activating group) is 1. The summed E-state index contributed by atoms with van der Waals surface area (Å²) in [5.41, 5.74) is 6.49. The molecule has 2 N–H and O–H groups in total. The van der Waals surface area contributed by atoms with Gasteiger partial charge in [0.15, 0.2) is 0 Å². The zero-order valence-electron chi connectivity index (χ0n) is 11.3. The van der Waals surface area contributed by atoms with E-state index in [9.17, 15) is 0 Å². The molecular weight excluding hydrogens is 214 g/mol. The molecule has 2 aliphatic heterocycles. The van der Waals surface area contributed by atoms with Gasteiger partial charge in [0.2, 0.25) is 0 Å². The molecule has 0 radical (unpaired) electrons. The summed E-state index contributed by atoms with van der Waals surface area (Å²) in [7, 11) is 4.31. The second kappa shape index (κ2) is 5.65. The van der Waals surface area contributed by atoms with E-state index < -0.39 is 0 Å². The number of likely N-dealkylation sites (tertiary alicyclic amines) is 1. The van der Waals surface area contributed by atoms with Crippen LogP contribution in [0.2, 0.25) is 0 Å². The number of ether oxygens (including phenoxy) is 1. The largest absolute Gasteiger partial charge is 0.381 e. The van der Waals surface area contributed by atoms with Gasteiger partial charge in [0, 0.05) is 37.9 Å². The molecule has 2 fully saturated rings. The maximum Gasteiger partial charge on any atom is 0.0484 e. The summed E-state index contributed by atoms with van der Waals surface area (Å²) >= 11 is 0. The molecule has 1 unspecified atom stereocenters. The second-order valence-corrected chi connectivity index (χ2v) is 6.00. The van der Waals surface area contributed by atoms with Crippen LogP contribution in [-0.4, -0.2) is 68.3 Å². The second-order valence-electron chi connectivity index (χ2n) is 6.00. The minimum Gasteiger partial charge on any atom is -0.381 e. The van der Waals surface area contributed by atoms with Crippen molar-refractivity contribution < 1.29 is 4.74 Å². The Bertz CT molecular complexity index is 239. The molecule has 2 rings (SSSR count). The monoisotopic (exact) mass is 241 g/mol. The maximum absolute atomic E-state index is 6.50. The van der Waals surface area contributed by atoms with Crippen LogP contribution in [-0.2, 0) is 4.74 Å². The summed E-state index contributed by atoms with van der Waals surface area (Å²) in [6.07, 6.45) is 4.67. The Labute approximate surface area is 105 Å². The third-order valence-electron chi connectivity index (χ3n) is 4.08. The Morgan fingerprint density at radius 2 is 2.06 bits per heavy atom. The lowest BCUT2D eigenvalue weighted by Gasteiger charge is -2.39. The van der Waals surface area contributed by atoms with Crippen LogP contribution in [0.4, 0.5) is 0 Å². The van der Waals surface area contributed by atoms with E-state index in [1.807, 2.05) is 0 Å². The molecule has 2 saturated heterocycles. The summed E-state index contributed by atoms with van der Waals surface area (Å²) in [5, 5.41) is 0. The summed E-state index contributed by atoms with van der Waals surface area (Å²) in [6, 6.07) is 0.702. The lowest BCUT2D eigenvalue weighted by Crippen LogP contribution is -2.55. The Hall–Kier alpha value is -0.160. The van der Waals surface area contributed by atoms with E-state index in [-0.39, 0.29) is 5.54 Å². The third-order valence-corrected chi connectivity index (χ3v) is 4.08. The molecular formula is C13H27N3O. The molecule has 0 spiro atoms. The van der Waals surface area contributed by atoms with Gasteiger partial charge in [-0.2, -0.15) is 0 Å². The summed E-state index contributed by atoms with van der Waals surface area (Å²) in [6.45, 7) is 5.10. The van der Waals surface area contributed by atoms with Crippen molar-refractivity contribution in [2.45, 2.75) is 37.3 Å². The van der Waals surface area contributed by atoms with Gasteiger partial charge in [-0.1, -0.05) is 0 Å². The molecule has 2 heterocycles. The molecule has 100 valence electrons. The maximum atomic E-state index is 6.50. The van der Waals surface area contributed by atoms with Crippen molar-refractivity contribution in [3.63, 3.8) is 0 Å². The number of hydrogen-bond donors (Lipinski definition) is 1. The Morgan fingerprint density at radius 1 is 1.35 bits per heavy atom. The molecule has 0 aromatic carbocycles. The van der Waals surface area contributed by atoms with Gasteiger partial charge >= 0.3 is 0 Å². The number of rotatable bonds is 4. The van der Waals surface area contributed by atoms with Crippen molar-refractivity contribution in [1.82, 2.24) is 9.80 Å². The molecule has 4 nitrogen and oxygen atoms in total. The van der Waals surface area contributed by atoms with Crippen molar-refractivity contribution >= 4 is 0 Å². The van der Waals surface area contributed by atoms with Crippen molar-refractivity contribution in [2.24, 2.45) is 5.73 Å². The van der Waals surface area contributed by atoms with E-state index in [1.54, 1.807) is 0 Å². The van der Waals surface area contributed by atoms with Crippen LogP contribution >= 0.6 is 0 Å². The van der Waals surface area contributed by atoms with Crippen molar-refractivity contribution in [2.75, 3.05) is 46.9 Å². The van der Waals surface area contributed by atoms with Crippen LogP contribution in [0.15, 0.2) is 0 Å². The summed E-state index contributed by atoms with van der Waals surface area (Å²) in [4.78, 5) is 4.89. The van der Waals surface area contributed by atoms with Gasteiger partial charge in [-0.15, -0.1) is 0 Å². The first-order chi connectivity index (χ1) is 8.09. The van der Waals surface area contributed by atoms with Gasteiger partial charge in [-0.25, -0.2) is 0 Å². The average Bonchev–Trinajstić information content (AvgIpc) is 2.65. The molecule has 17 heavy (non-hydrogen) atoms. The zero-order chi connectivity index (χ0) is 12.3. The highest BCUT2D eigenvalue weighted by molar-refractivity contribution is 4.93. The normalized spacial score (nSPS) is 30.0. The highest BCUT2D eigenvalue weighted by Gasteiger charge is 2.34. The van der Waals surface area contributed by atoms with Crippen molar-refractivity contribution in [1.29, 1.82) is 0 Å². The quantitative estimate of drug-likeness (QED) is 0.779. The standard InChI is InChI=1S/C13H27N3O/c1-15(2)10-12-4-3-7-16(12)11-13(14)5-8-17-9-6-13/h12H,3-11,14H2,1-2H3. The minimum absolute atomic E-state index is 0.00679. The Kier molecular flexibility index (Phi) is 4.42. The van der Waals surface area contributed by atoms with Crippen LogP contribution in [0.1, 0.15) is 25.7 Å². The summed E-state index contributed by atoms with van der Waals surface area (Å²) < 4.78 is 5.41. The molecule has 0 amide bonds. The fourth-order valence-electron chi connectivity index (χ4n) is 3.07. The summed E-state index contributed by atoms with van der Waals surface area (Å²) in [5.74, 6) is 0. The van der Waals surface area contributed by atoms with Crippen LogP contribution in [0.25, 0.3) is 0 Å². The number of nitrogens with two attached hydrogens (primary N) is 1. The van der Waals surface area contributed by atoms with Gasteiger partial charge in [0.25, 0.3) is 0 Å².